The van der Waals surface area contributed by atoms with Gasteiger partial charge in [0.05, 0.1) is 29.4 Å². The van der Waals surface area contributed by atoms with Crippen molar-refractivity contribution in [2.24, 2.45) is 0 Å². The highest BCUT2D eigenvalue weighted by Crippen LogP contribution is 2.44. The Hall–Kier alpha value is -1.93. The first-order valence-corrected chi connectivity index (χ1v) is 9.60. The highest BCUT2D eigenvalue weighted by Gasteiger charge is 2.43. The number of carbonyl (C=O) groups is 1. The fraction of sp³-hybridized carbons (Fsp3) is 0.278. The molecule has 1 saturated heterocycles. The van der Waals surface area contributed by atoms with E-state index in [2.05, 4.69) is 0 Å². The van der Waals surface area contributed by atoms with Crippen molar-refractivity contribution in [3.8, 4) is 0 Å². The topological polar surface area (TPSA) is 23.6 Å². The van der Waals surface area contributed by atoms with Gasteiger partial charge in [0.1, 0.15) is 11.9 Å². The molecule has 0 aliphatic carbocycles. The normalized spacial score (nSPS) is 19.3. The van der Waals surface area contributed by atoms with Crippen LogP contribution in [0, 0.1) is 5.82 Å². The van der Waals surface area contributed by atoms with Crippen molar-refractivity contribution in [2.45, 2.75) is 18.8 Å². The molecule has 1 fully saturated rings. The van der Waals surface area contributed by atoms with E-state index in [1.54, 1.807) is 4.90 Å². The van der Waals surface area contributed by atoms with Gasteiger partial charge in [-0.15, -0.1) is 11.8 Å². The number of carbonyl (C=O) groups excluding carboxylic acids is 1. The van der Waals surface area contributed by atoms with Gasteiger partial charge < -0.3 is 9.80 Å². The van der Waals surface area contributed by atoms with Crippen LogP contribution in [0.4, 0.5) is 28.9 Å². The molecule has 0 spiro atoms. The summed E-state index contributed by atoms with van der Waals surface area (Å²) in [7, 11) is 0. The molecule has 1 amide bonds. The van der Waals surface area contributed by atoms with Crippen LogP contribution in [0.1, 0.15) is 11.1 Å². The van der Waals surface area contributed by atoms with E-state index >= 15 is 0 Å². The van der Waals surface area contributed by atoms with E-state index in [1.165, 1.54) is 40.9 Å². The maximum atomic E-state index is 14.2. The third-order valence-corrected chi connectivity index (χ3v) is 6.08. The molecule has 0 unspecified atom stereocenters. The molecule has 9 heteroatoms. The smallest absolute Gasteiger partial charge is 0.348 e. The molecule has 0 N–H and O–H groups in total. The van der Waals surface area contributed by atoms with Crippen molar-refractivity contribution in [3.63, 3.8) is 0 Å². The quantitative estimate of drug-likeness (QED) is 0.649. The standard InChI is InChI=1S/C18H13ClF4N2OS/c19-12-2-1-3-13(20)11(12)7-24-15-6-10(18(21,22)23)4-5-14(15)25-9-27-8-16(25)17(24)26/h1-6,16H,7-9H2/t16-/m0/s1. The Kier molecular flexibility index (Phi) is 4.50. The number of nitrogens with zero attached hydrogens (tertiary/aromatic N) is 2. The van der Waals surface area contributed by atoms with Gasteiger partial charge in [0.15, 0.2) is 0 Å². The van der Waals surface area contributed by atoms with Crippen molar-refractivity contribution >= 4 is 40.6 Å². The summed E-state index contributed by atoms with van der Waals surface area (Å²) in [5.41, 5.74) is -0.128. The molecule has 0 aromatic heterocycles. The second-order valence-corrected chi connectivity index (χ2v) is 7.72. The van der Waals surface area contributed by atoms with Crippen LogP contribution in [-0.4, -0.2) is 23.6 Å². The number of benzene rings is 2. The minimum absolute atomic E-state index is 0.0787. The fourth-order valence-corrected chi connectivity index (χ4v) is 4.74. The van der Waals surface area contributed by atoms with Gasteiger partial charge in [0.2, 0.25) is 0 Å². The van der Waals surface area contributed by atoms with Crippen LogP contribution in [0.15, 0.2) is 36.4 Å². The first-order chi connectivity index (χ1) is 12.8. The monoisotopic (exact) mass is 416 g/mol. The van der Waals surface area contributed by atoms with Crippen LogP contribution in [0.3, 0.4) is 0 Å². The van der Waals surface area contributed by atoms with Gasteiger partial charge in [0, 0.05) is 16.3 Å². The number of hydrogen-bond donors (Lipinski definition) is 0. The summed E-state index contributed by atoms with van der Waals surface area (Å²) < 4.78 is 53.8. The highest BCUT2D eigenvalue weighted by atomic mass is 35.5. The average molecular weight is 417 g/mol. The number of amides is 1. The number of thioether (sulfide) groups is 1. The summed E-state index contributed by atoms with van der Waals surface area (Å²) in [5.74, 6) is 0.0855. The Morgan fingerprint density at radius 3 is 2.67 bits per heavy atom. The van der Waals surface area contributed by atoms with Gasteiger partial charge in [-0.05, 0) is 30.3 Å². The van der Waals surface area contributed by atoms with Crippen molar-refractivity contribution in [1.82, 2.24) is 0 Å². The Morgan fingerprint density at radius 2 is 1.96 bits per heavy atom. The van der Waals surface area contributed by atoms with E-state index in [0.29, 0.717) is 17.3 Å². The summed E-state index contributed by atoms with van der Waals surface area (Å²) in [6.07, 6.45) is -4.55. The van der Waals surface area contributed by atoms with E-state index in [-0.39, 0.29) is 28.7 Å². The molecule has 0 bridgehead atoms. The molecule has 2 heterocycles. The van der Waals surface area contributed by atoms with Gasteiger partial charge in [-0.2, -0.15) is 13.2 Å². The SMILES string of the molecule is O=C1[C@@H]2CSCN2c2ccc(C(F)(F)F)cc2N1Cc1c(F)cccc1Cl. The third-order valence-electron chi connectivity index (χ3n) is 4.71. The Balaban J connectivity index is 1.84. The van der Waals surface area contributed by atoms with Crippen LogP contribution in [0.5, 0.6) is 0 Å². The molecule has 4 rings (SSSR count). The summed E-state index contributed by atoms with van der Waals surface area (Å²) in [6.45, 7) is -0.229. The van der Waals surface area contributed by atoms with Crippen molar-refractivity contribution in [3.05, 3.63) is 58.4 Å². The Bertz CT molecular complexity index is 900. The molecular weight excluding hydrogens is 404 g/mol. The average Bonchev–Trinajstić information content (AvgIpc) is 3.09. The first-order valence-electron chi connectivity index (χ1n) is 8.07. The number of alkyl halides is 3. The second-order valence-electron chi connectivity index (χ2n) is 6.31. The zero-order chi connectivity index (χ0) is 19.3. The summed E-state index contributed by atoms with van der Waals surface area (Å²) in [6, 6.07) is 6.97. The number of halogens is 5. The molecule has 1 atom stereocenters. The van der Waals surface area contributed by atoms with E-state index in [9.17, 15) is 22.4 Å². The Morgan fingerprint density at radius 1 is 1.19 bits per heavy atom. The van der Waals surface area contributed by atoms with Crippen LogP contribution in [0.2, 0.25) is 5.02 Å². The molecule has 2 aromatic carbocycles. The van der Waals surface area contributed by atoms with E-state index in [1.807, 2.05) is 0 Å². The maximum Gasteiger partial charge on any atom is 0.416 e. The minimum atomic E-state index is -4.55. The van der Waals surface area contributed by atoms with Gasteiger partial charge >= 0.3 is 6.18 Å². The van der Waals surface area contributed by atoms with Gasteiger partial charge in [-0.25, -0.2) is 4.39 Å². The van der Waals surface area contributed by atoms with Crippen LogP contribution in [0.25, 0.3) is 0 Å². The molecule has 3 nitrogen and oxygen atoms in total. The zero-order valence-corrected chi connectivity index (χ0v) is 15.3. The van der Waals surface area contributed by atoms with Crippen LogP contribution in [-0.2, 0) is 17.5 Å². The second kappa shape index (κ2) is 6.60. The lowest BCUT2D eigenvalue weighted by atomic mass is 10.0. The number of anilines is 2. The van der Waals surface area contributed by atoms with Crippen molar-refractivity contribution < 1.29 is 22.4 Å². The lowest BCUT2D eigenvalue weighted by molar-refractivity contribution is -0.137. The third kappa shape index (κ3) is 3.14. The predicted octanol–water partition coefficient (Wildman–Crippen LogP) is 4.92. The summed E-state index contributed by atoms with van der Waals surface area (Å²) in [5, 5.41) is 0.125. The number of rotatable bonds is 2. The molecule has 2 aliphatic heterocycles. The number of fused-ring (bicyclic) bond motifs is 3. The van der Waals surface area contributed by atoms with E-state index < -0.39 is 23.6 Å². The maximum absolute atomic E-state index is 14.2. The van der Waals surface area contributed by atoms with Crippen LogP contribution >= 0.6 is 23.4 Å². The molecule has 0 radical (unpaired) electrons. The minimum Gasteiger partial charge on any atom is -0.348 e. The molecular formula is C18H13ClF4N2OS. The number of hydrogen-bond acceptors (Lipinski definition) is 3. The highest BCUT2D eigenvalue weighted by molar-refractivity contribution is 7.99. The van der Waals surface area contributed by atoms with Gasteiger partial charge in [-0.1, -0.05) is 17.7 Å². The van der Waals surface area contributed by atoms with Crippen molar-refractivity contribution in [2.75, 3.05) is 21.4 Å². The molecule has 0 saturated carbocycles. The molecule has 2 aliphatic rings. The van der Waals surface area contributed by atoms with Crippen LogP contribution < -0.4 is 9.80 Å². The Labute approximate surface area is 161 Å². The lowest BCUT2D eigenvalue weighted by Crippen LogP contribution is -2.51. The lowest BCUT2D eigenvalue weighted by Gasteiger charge is -2.39. The molecule has 142 valence electrons. The fourth-order valence-electron chi connectivity index (χ4n) is 3.35. The van der Waals surface area contributed by atoms with Gasteiger partial charge in [0.25, 0.3) is 5.91 Å². The summed E-state index contributed by atoms with van der Waals surface area (Å²) in [4.78, 5) is 16.0. The first kappa shape index (κ1) is 18.4. The van der Waals surface area contributed by atoms with E-state index in [0.717, 1.165) is 12.1 Å². The zero-order valence-electron chi connectivity index (χ0n) is 13.8. The largest absolute Gasteiger partial charge is 0.416 e. The van der Waals surface area contributed by atoms with Gasteiger partial charge in [-0.3, -0.25) is 4.79 Å². The molecule has 27 heavy (non-hydrogen) atoms. The predicted molar refractivity (Wildman–Crippen MR) is 97.6 cm³/mol. The molecule has 2 aromatic rings. The summed E-state index contributed by atoms with van der Waals surface area (Å²) >= 11 is 7.59. The van der Waals surface area contributed by atoms with Crippen molar-refractivity contribution in [1.29, 1.82) is 0 Å². The van der Waals surface area contributed by atoms with E-state index in [4.69, 9.17) is 11.6 Å².